The molecule has 0 aliphatic heterocycles. The molecule has 0 fully saturated rings. The predicted molar refractivity (Wildman–Crippen MR) is 69.8 cm³/mol. The molecule has 6 heteroatoms. The maximum atomic E-state index is 11.9. The number of hydrogen-bond donors (Lipinski definition) is 3. The summed E-state index contributed by atoms with van der Waals surface area (Å²) in [5.74, 6) is -1.85. The van der Waals surface area contributed by atoms with E-state index in [2.05, 4.69) is 4.98 Å². The summed E-state index contributed by atoms with van der Waals surface area (Å²) in [5, 5.41) is 9.12. The molecule has 0 unspecified atom stereocenters. The Kier molecular flexibility index (Phi) is 3.15. The van der Waals surface area contributed by atoms with E-state index in [1.165, 1.54) is 18.2 Å². The van der Waals surface area contributed by atoms with Gasteiger partial charge in [-0.15, -0.1) is 0 Å². The number of aromatic nitrogens is 1. The Labute approximate surface area is 107 Å². The summed E-state index contributed by atoms with van der Waals surface area (Å²) < 4.78 is 0. The fraction of sp³-hybridized carbons (Fsp3) is 0. The second-order valence-electron chi connectivity index (χ2n) is 3.88. The largest absolute Gasteiger partial charge is 0.477 e. The number of H-pyrrole nitrogens is 1. The lowest BCUT2D eigenvalue weighted by Crippen LogP contribution is -2.15. The normalized spacial score (nSPS) is 10.9. The zero-order valence-corrected chi connectivity index (χ0v) is 9.71. The molecule has 0 aliphatic rings. The zero-order valence-electron chi connectivity index (χ0n) is 9.71. The second-order valence-corrected chi connectivity index (χ2v) is 3.88. The van der Waals surface area contributed by atoms with Crippen LogP contribution in [0.2, 0.25) is 0 Å². The van der Waals surface area contributed by atoms with Gasteiger partial charge in [0.15, 0.2) is 0 Å². The molecule has 0 bridgehead atoms. The van der Waals surface area contributed by atoms with Gasteiger partial charge >= 0.3 is 5.97 Å². The number of carbonyl (C=O) groups excluding carboxylic acids is 1. The van der Waals surface area contributed by atoms with Crippen molar-refractivity contribution in [3.8, 4) is 0 Å². The van der Waals surface area contributed by atoms with Gasteiger partial charge in [0.1, 0.15) is 5.56 Å². The number of hydrogen-bond acceptors (Lipinski definition) is 3. The summed E-state index contributed by atoms with van der Waals surface area (Å²) in [4.78, 5) is 36.0. The van der Waals surface area contributed by atoms with Crippen LogP contribution in [-0.2, 0) is 4.79 Å². The van der Waals surface area contributed by atoms with E-state index in [0.29, 0.717) is 11.1 Å². The molecule has 19 heavy (non-hydrogen) atoms. The Morgan fingerprint density at radius 2 is 2.05 bits per heavy atom. The second kappa shape index (κ2) is 4.77. The molecule has 6 nitrogen and oxygen atoms in total. The van der Waals surface area contributed by atoms with Gasteiger partial charge in [0, 0.05) is 23.2 Å². The quantitative estimate of drug-likeness (QED) is 0.704. The number of rotatable bonds is 3. The lowest BCUT2D eigenvalue weighted by Gasteiger charge is -2.01. The Balaban J connectivity index is 2.58. The van der Waals surface area contributed by atoms with Crippen molar-refractivity contribution in [1.82, 2.24) is 4.98 Å². The first-order valence-electron chi connectivity index (χ1n) is 5.35. The lowest BCUT2D eigenvalue weighted by molar-refractivity contribution is -0.113. The van der Waals surface area contributed by atoms with Crippen molar-refractivity contribution in [1.29, 1.82) is 0 Å². The van der Waals surface area contributed by atoms with Crippen LogP contribution in [-0.4, -0.2) is 22.0 Å². The van der Waals surface area contributed by atoms with Crippen LogP contribution >= 0.6 is 0 Å². The van der Waals surface area contributed by atoms with E-state index in [-0.39, 0.29) is 10.9 Å². The monoisotopic (exact) mass is 258 g/mol. The molecule has 1 amide bonds. The van der Waals surface area contributed by atoms with Crippen LogP contribution < -0.4 is 11.2 Å². The number of primary amides is 1. The van der Waals surface area contributed by atoms with E-state index in [0.717, 1.165) is 6.20 Å². The third-order valence-corrected chi connectivity index (χ3v) is 2.58. The first-order chi connectivity index (χ1) is 8.99. The highest BCUT2D eigenvalue weighted by Crippen LogP contribution is 2.12. The van der Waals surface area contributed by atoms with Gasteiger partial charge in [0.2, 0.25) is 11.3 Å². The molecule has 0 radical (unpaired) electrons. The van der Waals surface area contributed by atoms with Gasteiger partial charge in [-0.25, -0.2) is 4.79 Å². The molecule has 0 saturated heterocycles. The van der Waals surface area contributed by atoms with E-state index >= 15 is 0 Å². The number of carboxylic acids is 1. The van der Waals surface area contributed by atoms with E-state index < -0.39 is 17.3 Å². The van der Waals surface area contributed by atoms with Crippen LogP contribution in [0.15, 0.2) is 35.3 Å². The van der Waals surface area contributed by atoms with Crippen molar-refractivity contribution in [3.63, 3.8) is 0 Å². The minimum Gasteiger partial charge on any atom is -0.477 e. The molecule has 0 atom stereocenters. The number of benzene rings is 1. The smallest absolute Gasteiger partial charge is 0.341 e. The minimum atomic E-state index is -1.28. The van der Waals surface area contributed by atoms with Crippen molar-refractivity contribution in [2.75, 3.05) is 0 Å². The highest BCUT2D eigenvalue weighted by Gasteiger charge is 2.11. The lowest BCUT2D eigenvalue weighted by atomic mass is 10.1. The fourth-order valence-electron chi connectivity index (χ4n) is 1.68. The summed E-state index contributed by atoms with van der Waals surface area (Å²) >= 11 is 0. The van der Waals surface area contributed by atoms with Gasteiger partial charge in [0.25, 0.3) is 0 Å². The SMILES string of the molecule is NC(=O)C=Cc1ccc2c(=O)c(C(=O)O)c[nH]c2c1. The van der Waals surface area contributed by atoms with Crippen LogP contribution in [0.3, 0.4) is 0 Å². The van der Waals surface area contributed by atoms with Gasteiger partial charge in [-0.3, -0.25) is 9.59 Å². The summed E-state index contributed by atoms with van der Waals surface area (Å²) in [6.45, 7) is 0. The Morgan fingerprint density at radius 3 is 2.68 bits per heavy atom. The third kappa shape index (κ3) is 2.52. The first-order valence-corrected chi connectivity index (χ1v) is 5.35. The summed E-state index contributed by atoms with van der Waals surface area (Å²) in [5.41, 5.74) is 5.28. The van der Waals surface area contributed by atoms with Crippen molar-refractivity contribution >= 4 is 28.9 Å². The van der Waals surface area contributed by atoms with Crippen LogP contribution in [0.1, 0.15) is 15.9 Å². The number of aromatic amines is 1. The number of nitrogens with two attached hydrogens (primary N) is 1. The van der Waals surface area contributed by atoms with Crippen molar-refractivity contribution in [2.24, 2.45) is 5.73 Å². The van der Waals surface area contributed by atoms with Crippen LogP contribution in [0, 0.1) is 0 Å². The molecule has 0 saturated carbocycles. The first kappa shape index (κ1) is 12.6. The number of amides is 1. The Hall–Kier alpha value is -2.89. The molecule has 0 spiro atoms. The standard InChI is InChI=1S/C13H10N2O4/c14-11(16)4-2-7-1-3-8-10(5-7)15-6-9(12(8)17)13(18)19/h1-6H,(H2,14,16)(H,15,17)(H,18,19). The average Bonchev–Trinajstić information content (AvgIpc) is 2.36. The number of fused-ring (bicyclic) bond motifs is 1. The van der Waals surface area contributed by atoms with Crippen molar-refractivity contribution < 1.29 is 14.7 Å². The molecular formula is C13H10N2O4. The number of aromatic carboxylic acids is 1. The molecule has 2 aromatic rings. The Morgan fingerprint density at radius 1 is 1.32 bits per heavy atom. The van der Waals surface area contributed by atoms with E-state index in [1.54, 1.807) is 12.1 Å². The summed E-state index contributed by atoms with van der Waals surface area (Å²) in [6.07, 6.45) is 3.85. The third-order valence-electron chi connectivity index (χ3n) is 2.58. The fourth-order valence-corrected chi connectivity index (χ4v) is 1.68. The summed E-state index contributed by atoms with van der Waals surface area (Å²) in [7, 11) is 0. The predicted octanol–water partition coefficient (Wildman–Crippen LogP) is 0.725. The molecule has 96 valence electrons. The average molecular weight is 258 g/mol. The highest BCUT2D eigenvalue weighted by molar-refractivity contribution is 5.93. The number of nitrogens with one attached hydrogen (secondary N) is 1. The van der Waals surface area contributed by atoms with Crippen LogP contribution in [0.4, 0.5) is 0 Å². The van der Waals surface area contributed by atoms with Crippen molar-refractivity contribution in [3.05, 3.63) is 51.8 Å². The number of carboxylic acid groups (broad SMARTS) is 1. The van der Waals surface area contributed by atoms with E-state index in [1.807, 2.05) is 0 Å². The van der Waals surface area contributed by atoms with Crippen LogP contribution in [0.5, 0.6) is 0 Å². The zero-order chi connectivity index (χ0) is 14.0. The van der Waals surface area contributed by atoms with Gasteiger partial charge in [-0.05, 0) is 23.8 Å². The van der Waals surface area contributed by atoms with Crippen molar-refractivity contribution in [2.45, 2.75) is 0 Å². The van der Waals surface area contributed by atoms with Gasteiger partial charge in [0.05, 0.1) is 0 Å². The van der Waals surface area contributed by atoms with Gasteiger partial charge in [-0.2, -0.15) is 0 Å². The molecule has 4 N–H and O–H groups in total. The molecule has 1 aromatic heterocycles. The molecular weight excluding hydrogens is 248 g/mol. The van der Waals surface area contributed by atoms with E-state index in [4.69, 9.17) is 10.8 Å². The number of carbonyl (C=O) groups is 2. The van der Waals surface area contributed by atoms with Gasteiger partial charge in [-0.1, -0.05) is 6.07 Å². The number of pyridine rings is 1. The summed E-state index contributed by atoms with van der Waals surface area (Å²) in [6, 6.07) is 4.73. The maximum absolute atomic E-state index is 11.9. The molecule has 0 aliphatic carbocycles. The Bertz CT molecular complexity index is 759. The van der Waals surface area contributed by atoms with E-state index in [9.17, 15) is 14.4 Å². The molecule has 2 rings (SSSR count). The highest BCUT2D eigenvalue weighted by atomic mass is 16.4. The maximum Gasteiger partial charge on any atom is 0.341 e. The van der Waals surface area contributed by atoms with Crippen LogP contribution in [0.25, 0.3) is 17.0 Å². The minimum absolute atomic E-state index is 0.274. The molecule has 1 heterocycles. The van der Waals surface area contributed by atoms with Gasteiger partial charge < -0.3 is 15.8 Å². The molecule has 1 aromatic carbocycles. The topological polar surface area (TPSA) is 113 Å².